The number of piperidine rings is 1. The Morgan fingerprint density at radius 2 is 1.70 bits per heavy atom. The van der Waals surface area contributed by atoms with Crippen molar-refractivity contribution in [2.45, 2.75) is 58.0 Å². The quantitative estimate of drug-likeness (QED) is 0.690. The van der Waals surface area contributed by atoms with Gasteiger partial charge in [0.25, 0.3) is 0 Å². The maximum atomic E-state index is 13.7. The third-order valence-corrected chi connectivity index (χ3v) is 8.39. The van der Waals surface area contributed by atoms with E-state index < -0.39 is 0 Å². The van der Waals surface area contributed by atoms with Crippen molar-refractivity contribution in [3.8, 4) is 11.5 Å². The highest BCUT2D eigenvalue weighted by molar-refractivity contribution is 5.76. The molecule has 158 valence electrons. The molecule has 5 rings (SSSR count). The molecule has 1 saturated heterocycles. The van der Waals surface area contributed by atoms with E-state index in [-0.39, 0.29) is 28.7 Å². The zero-order chi connectivity index (χ0) is 21.3. The van der Waals surface area contributed by atoms with Crippen molar-refractivity contribution in [1.29, 1.82) is 0 Å². The molecular weight excluding hydrogens is 376 g/mol. The molecule has 2 atom stereocenters. The lowest BCUT2D eigenvalue weighted by Crippen LogP contribution is -2.66. The van der Waals surface area contributed by atoms with Crippen LogP contribution in [0.2, 0.25) is 0 Å². The summed E-state index contributed by atoms with van der Waals surface area (Å²) in [5.74, 6) is 0.610. The molecule has 30 heavy (non-hydrogen) atoms. The molecule has 3 aliphatic rings. The predicted octanol–water partition coefficient (Wildman–Crippen LogP) is 4.19. The SMILES string of the molecule is CC1(C)[C@H]2Cc3c(O)cccc3[C@]1(C)CCN2C(=O)N1CCc2cccc(O)c2C1. The third-order valence-electron chi connectivity index (χ3n) is 8.39. The average Bonchev–Trinajstić information content (AvgIpc) is 2.71. The molecule has 2 bridgehead atoms. The minimum absolute atomic E-state index is 0.0234. The number of phenolic OH excluding ortho intramolecular Hbond substituents is 2. The second-order valence-electron chi connectivity index (χ2n) is 9.89. The lowest BCUT2D eigenvalue weighted by molar-refractivity contribution is -0.0246. The zero-order valence-electron chi connectivity index (χ0n) is 18.0. The van der Waals surface area contributed by atoms with Crippen LogP contribution in [0.4, 0.5) is 4.79 Å². The smallest absolute Gasteiger partial charge is 0.320 e. The molecule has 0 saturated carbocycles. The Balaban J connectivity index is 1.48. The fourth-order valence-corrected chi connectivity index (χ4v) is 6.06. The van der Waals surface area contributed by atoms with Gasteiger partial charge in [-0.3, -0.25) is 0 Å². The van der Waals surface area contributed by atoms with Gasteiger partial charge >= 0.3 is 6.03 Å². The second kappa shape index (κ2) is 6.40. The van der Waals surface area contributed by atoms with Crippen LogP contribution in [0, 0.1) is 5.41 Å². The van der Waals surface area contributed by atoms with Crippen LogP contribution in [0.3, 0.4) is 0 Å². The second-order valence-corrected chi connectivity index (χ2v) is 9.89. The number of carbonyl (C=O) groups is 1. The van der Waals surface area contributed by atoms with E-state index in [0.29, 0.717) is 31.8 Å². The van der Waals surface area contributed by atoms with Crippen LogP contribution in [-0.4, -0.2) is 45.2 Å². The molecule has 2 amide bonds. The van der Waals surface area contributed by atoms with E-state index in [1.165, 1.54) is 5.56 Å². The van der Waals surface area contributed by atoms with Crippen LogP contribution in [0.1, 0.15) is 49.4 Å². The van der Waals surface area contributed by atoms with E-state index in [9.17, 15) is 15.0 Å². The Morgan fingerprint density at radius 3 is 2.47 bits per heavy atom. The summed E-state index contributed by atoms with van der Waals surface area (Å²) >= 11 is 0. The molecule has 0 unspecified atom stereocenters. The summed E-state index contributed by atoms with van der Waals surface area (Å²) in [7, 11) is 0. The van der Waals surface area contributed by atoms with E-state index >= 15 is 0 Å². The first kappa shape index (κ1) is 19.3. The Morgan fingerprint density at radius 1 is 1.00 bits per heavy atom. The monoisotopic (exact) mass is 406 g/mol. The Bertz CT molecular complexity index is 1030. The van der Waals surface area contributed by atoms with Crippen molar-refractivity contribution in [2.75, 3.05) is 13.1 Å². The molecule has 2 aromatic carbocycles. The summed E-state index contributed by atoms with van der Waals surface area (Å²) in [5.41, 5.74) is 4.01. The lowest BCUT2D eigenvalue weighted by Gasteiger charge is -2.61. The number of rotatable bonds is 0. The Hall–Kier alpha value is -2.69. The molecule has 5 heteroatoms. The van der Waals surface area contributed by atoms with E-state index in [1.54, 1.807) is 12.1 Å². The van der Waals surface area contributed by atoms with E-state index in [0.717, 1.165) is 29.5 Å². The van der Waals surface area contributed by atoms with Crippen molar-refractivity contribution in [1.82, 2.24) is 9.80 Å². The minimum Gasteiger partial charge on any atom is -0.508 e. The largest absolute Gasteiger partial charge is 0.508 e. The van der Waals surface area contributed by atoms with Crippen LogP contribution in [-0.2, 0) is 24.8 Å². The van der Waals surface area contributed by atoms with Gasteiger partial charge in [-0.2, -0.15) is 0 Å². The molecule has 0 spiro atoms. The molecule has 2 aromatic rings. The van der Waals surface area contributed by atoms with Crippen molar-refractivity contribution < 1.29 is 15.0 Å². The lowest BCUT2D eigenvalue weighted by atomic mass is 9.51. The van der Waals surface area contributed by atoms with Crippen LogP contribution in [0.5, 0.6) is 11.5 Å². The van der Waals surface area contributed by atoms with Gasteiger partial charge in [-0.05, 0) is 53.5 Å². The van der Waals surface area contributed by atoms with Gasteiger partial charge in [0.05, 0.1) is 6.54 Å². The number of aromatic hydroxyl groups is 2. The molecule has 2 aliphatic heterocycles. The number of urea groups is 1. The number of fused-ring (bicyclic) bond motifs is 5. The van der Waals surface area contributed by atoms with Crippen LogP contribution >= 0.6 is 0 Å². The average molecular weight is 407 g/mol. The fourth-order valence-electron chi connectivity index (χ4n) is 6.06. The maximum Gasteiger partial charge on any atom is 0.320 e. The first-order valence-corrected chi connectivity index (χ1v) is 10.9. The molecular formula is C25H30N2O3. The molecule has 1 aliphatic carbocycles. The van der Waals surface area contributed by atoms with E-state index in [4.69, 9.17) is 0 Å². The molecule has 0 aromatic heterocycles. The molecule has 2 N–H and O–H groups in total. The van der Waals surface area contributed by atoms with E-state index in [1.807, 2.05) is 28.0 Å². The van der Waals surface area contributed by atoms with Crippen LogP contribution < -0.4 is 0 Å². The zero-order valence-corrected chi connectivity index (χ0v) is 18.0. The number of nitrogens with zero attached hydrogens (tertiary/aromatic N) is 2. The van der Waals surface area contributed by atoms with Gasteiger partial charge in [0, 0.05) is 30.1 Å². The fraction of sp³-hybridized carbons (Fsp3) is 0.480. The van der Waals surface area contributed by atoms with Gasteiger partial charge in [0.1, 0.15) is 11.5 Å². The summed E-state index contributed by atoms with van der Waals surface area (Å²) in [6.07, 6.45) is 2.30. The standard InChI is InChI=1S/C25H30N2O3/c1-24(2)22-14-17-19(7-5-9-20(17)28)25(24,3)11-13-27(22)23(30)26-12-10-16-6-4-8-21(29)18(16)15-26/h4-9,22,28-29H,10-15H2,1-3H3/t22-,25+/m1/s1. The molecule has 2 heterocycles. The first-order valence-electron chi connectivity index (χ1n) is 10.9. The molecule has 1 fully saturated rings. The highest BCUT2D eigenvalue weighted by Crippen LogP contribution is 2.57. The van der Waals surface area contributed by atoms with Gasteiger partial charge in [-0.15, -0.1) is 0 Å². The highest BCUT2D eigenvalue weighted by atomic mass is 16.3. The predicted molar refractivity (Wildman–Crippen MR) is 116 cm³/mol. The van der Waals surface area contributed by atoms with Gasteiger partial charge in [0.2, 0.25) is 0 Å². The number of hydrogen-bond acceptors (Lipinski definition) is 3. The van der Waals surface area contributed by atoms with Gasteiger partial charge in [-0.25, -0.2) is 4.79 Å². The molecule has 0 radical (unpaired) electrons. The van der Waals surface area contributed by atoms with Crippen LogP contribution in [0.25, 0.3) is 0 Å². The normalized spacial score (nSPS) is 26.7. The number of benzene rings is 2. The van der Waals surface area contributed by atoms with Crippen molar-refractivity contribution in [3.05, 3.63) is 58.7 Å². The van der Waals surface area contributed by atoms with Crippen LogP contribution in [0.15, 0.2) is 36.4 Å². The van der Waals surface area contributed by atoms with Crippen molar-refractivity contribution >= 4 is 6.03 Å². The number of amides is 2. The number of phenols is 2. The van der Waals surface area contributed by atoms with Gasteiger partial charge in [-0.1, -0.05) is 45.0 Å². The van der Waals surface area contributed by atoms with E-state index in [2.05, 4.69) is 26.8 Å². The summed E-state index contributed by atoms with van der Waals surface area (Å²) < 4.78 is 0. The number of likely N-dealkylation sites (tertiary alicyclic amines) is 1. The molecule has 5 nitrogen and oxygen atoms in total. The number of hydrogen-bond donors (Lipinski definition) is 2. The Kier molecular flexibility index (Phi) is 4.12. The summed E-state index contributed by atoms with van der Waals surface area (Å²) in [5, 5.41) is 20.9. The Labute approximate surface area is 177 Å². The maximum absolute atomic E-state index is 13.7. The van der Waals surface area contributed by atoms with Gasteiger partial charge in [0.15, 0.2) is 0 Å². The van der Waals surface area contributed by atoms with Gasteiger partial charge < -0.3 is 20.0 Å². The topological polar surface area (TPSA) is 64.0 Å². The van der Waals surface area contributed by atoms with Crippen molar-refractivity contribution in [3.63, 3.8) is 0 Å². The first-order chi connectivity index (χ1) is 14.2. The summed E-state index contributed by atoms with van der Waals surface area (Å²) in [4.78, 5) is 17.6. The highest BCUT2D eigenvalue weighted by Gasteiger charge is 2.57. The minimum atomic E-state index is -0.114. The van der Waals surface area contributed by atoms with Crippen molar-refractivity contribution in [2.24, 2.45) is 5.41 Å². The summed E-state index contributed by atoms with van der Waals surface area (Å²) in [6.45, 7) is 8.64. The third kappa shape index (κ3) is 2.50. The number of carbonyl (C=O) groups excluding carboxylic acids is 1. The summed E-state index contributed by atoms with van der Waals surface area (Å²) in [6, 6.07) is 11.5.